The number of thiophene rings is 1. The van der Waals surface area contributed by atoms with Crippen LogP contribution in [0.2, 0.25) is 0 Å². The molecule has 1 aromatic heterocycles. The Morgan fingerprint density at radius 3 is 2.74 bits per heavy atom. The zero-order valence-corrected chi connectivity index (χ0v) is 14.9. The molecule has 4 heteroatoms. The Bertz CT molecular complexity index is 600. The summed E-state index contributed by atoms with van der Waals surface area (Å²) in [6.07, 6.45) is 1.21. The molecule has 1 saturated heterocycles. The van der Waals surface area contributed by atoms with E-state index in [1.807, 2.05) is 18.3 Å². The van der Waals surface area contributed by atoms with Gasteiger partial charge in [-0.2, -0.15) is 0 Å². The van der Waals surface area contributed by atoms with E-state index in [1.165, 1.54) is 22.4 Å². The van der Waals surface area contributed by atoms with Crippen LogP contribution in [0.4, 0.5) is 0 Å². The highest BCUT2D eigenvalue weighted by atomic mass is 32.1. The maximum Gasteiger partial charge on any atom is 0.119 e. The summed E-state index contributed by atoms with van der Waals surface area (Å²) in [7, 11) is 0. The fourth-order valence-corrected chi connectivity index (χ4v) is 4.25. The number of aryl methyl sites for hydroxylation is 1. The first-order chi connectivity index (χ1) is 11.3. The fraction of sp³-hybridized carbons (Fsp3) is 0.474. The third-order valence-corrected chi connectivity index (χ3v) is 5.37. The molecule has 0 bridgehead atoms. The quantitative estimate of drug-likeness (QED) is 0.901. The van der Waals surface area contributed by atoms with Crippen molar-refractivity contribution in [2.75, 3.05) is 32.8 Å². The molecule has 1 unspecified atom stereocenters. The van der Waals surface area contributed by atoms with Crippen LogP contribution in [0.1, 0.15) is 35.4 Å². The van der Waals surface area contributed by atoms with Gasteiger partial charge < -0.3 is 10.1 Å². The Labute approximate surface area is 143 Å². The second-order valence-electron chi connectivity index (χ2n) is 6.07. The van der Waals surface area contributed by atoms with E-state index in [0.29, 0.717) is 12.6 Å². The van der Waals surface area contributed by atoms with Crippen LogP contribution in [0.15, 0.2) is 35.7 Å². The molecule has 1 N–H and O–H groups in total. The second-order valence-corrected chi connectivity index (χ2v) is 7.01. The van der Waals surface area contributed by atoms with Crippen molar-refractivity contribution in [3.05, 3.63) is 51.7 Å². The number of nitrogens with one attached hydrogen (secondary N) is 1. The van der Waals surface area contributed by atoms with E-state index in [1.54, 1.807) is 0 Å². The molecule has 0 spiro atoms. The highest BCUT2D eigenvalue weighted by molar-refractivity contribution is 7.10. The largest absolute Gasteiger partial charge is 0.494 e. The highest BCUT2D eigenvalue weighted by Gasteiger charge is 2.24. The Morgan fingerprint density at radius 1 is 1.22 bits per heavy atom. The van der Waals surface area contributed by atoms with Crippen LogP contribution in [-0.4, -0.2) is 37.7 Å². The van der Waals surface area contributed by atoms with E-state index in [-0.39, 0.29) is 0 Å². The molecule has 1 aromatic carbocycles. The van der Waals surface area contributed by atoms with Gasteiger partial charge in [-0.3, -0.25) is 4.90 Å². The number of hydrogen-bond acceptors (Lipinski definition) is 4. The third kappa shape index (κ3) is 4.14. The van der Waals surface area contributed by atoms with Crippen LogP contribution in [0.5, 0.6) is 5.75 Å². The Hall–Kier alpha value is -1.36. The average molecular weight is 330 g/mol. The smallest absolute Gasteiger partial charge is 0.119 e. The van der Waals surface area contributed by atoms with Gasteiger partial charge in [0.25, 0.3) is 0 Å². The standard InChI is InChI=1S/C19H26N2OS/c1-3-22-17-7-5-16(6-8-17)19(18-13-15(2)14-23-18)21-11-4-9-20-10-12-21/h5-8,13-14,19-20H,3-4,9-12H2,1-2H3. The average Bonchev–Trinajstić information content (AvgIpc) is 2.82. The number of nitrogens with zero attached hydrogens (tertiary/aromatic N) is 1. The van der Waals surface area contributed by atoms with Crippen LogP contribution in [-0.2, 0) is 0 Å². The maximum absolute atomic E-state index is 5.59. The van der Waals surface area contributed by atoms with E-state index in [4.69, 9.17) is 4.74 Å². The summed E-state index contributed by atoms with van der Waals surface area (Å²) in [5, 5.41) is 5.76. The van der Waals surface area contributed by atoms with E-state index in [9.17, 15) is 0 Å². The molecule has 1 fully saturated rings. The summed E-state index contributed by atoms with van der Waals surface area (Å²) in [6.45, 7) is 9.34. The molecule has 2 aromatic rings. The van der Waals surface area contributed by atoms with Gasteiger partial charge >= 0.3 is 0 Å². The Balaban J connectivity index is 1.90. The van der Waals surface area contributed by atoms with E-state index >= 15 is 0 Å². The van der Waals surface area contributed by atoms with Gasteiger partial charge in [0.2, 0.25) is 0 Å². The first-order valence-corrected chi connectivity index (χ1v) is 9.38. The second kappa shape index (κ2) is 7.95. The lowest BCUT2D eigenvalue weighted by atomic mass is 10.0. The van der Waals surface area contributed by atoms with Crippen molar-refractivity contribution >= 4 is 11.3 Å². The number of ether oxygens (including phenoxy) is 1. The van der Waals surface area contributed by atoms with Crippen molar-refractivity contribution in [1.82, 2.24) is 10.2 Å². The molecule has 1 aliphatic rings. The fourth-order valence-electron chi connectivity index (χ4n) is 3.19. The molecule has 2 heterocycles. The number of benzene rings is 1. The summed E-state index contributed by atoms with van der Waals surface area (Å²) in [5.41, 5.74) is 2.71. The minimum atomic E-state index is 0.351. The Morgan fingerprint density at radius 2 is 2.04 bits per heavy atom. The zero-order chi connectivity index (χ0) is 16.1. The molecule has 3 rings (SSSR count). The predicted octanol–water partition coefficient (Wildman–Crippen LogP) is 3.84. The van der Waals surface area contributed by atoms with Crippen molar-refractivity contribution in [2.24, 2.45) is 0 Å². The van der Waals surface area contributed by atoms with Crippen LogP contribution < -0.4 is 10.1 Å². The predicted molar refractivity (Wildman–Crippen MR) is 97.6 cm³/mol. The molecule has 0 saturated carbocycles. The lowest BCUT2D eigenvalue weighted by molar-refractivity contribution is 0.243. The monoisotopic (exact) mass is 330 g/mol. The van der Waals surface area contributed by atoms with Crippen molar-refractivity contribution in [3.8, 4) is 5.75 Å². The number of hydrogen-bond donors (Lipinski definition) is 1. The highest BCUT2D eigenvalue weighted by Crippen LogP contribution is 2.34. The van der Waals surface area contributed by atoms with Gasteiger partial charge in [-0.05, 0) is 61.5 Å². The van der Waals surface area contributed by atoms with Gasteiger partial charge in [0.05, 0.1) is 12.6 Å². The van der Waals surface area contributed by atoms with Gasteiger partial charge in [-0.15, -0.1) is 11.3 Å². The summed E-state index contributed by atoms with van der Waals surface area (Å²) in [4.78, 5) is 4.05. The first-order valence-electron chi connectivity index (χ1n) is 8.50. The molecular formula is C19H26N2OS. The van der Waals surface area contributed by atoms with Crippen LogP contribution in [0, 0.1) is 6.92 Å². The third-order valence-electron chi connectivity index (χ3n) is 4.27. The van der Waals surface area contributed by atoms with Crippen molar-refractivity contribution in [2.45, 2.75) is 26.3 Å². The summed E-state index contributed by atoms with van der Waals surface area (Å²) in [5.74, 6) is 0.954. The van der Waals surface area contributed by atoms with Crippen molar-refractivity contribution < 1.29 is 4.74 Å². The molecule has 1 atom stereocenters. The van der Waals surface area contributed by atoms with E-state index in [0.717, 1.165) is 31.9 Å². The molecule has 1 aliphatic heterocycles. The topological polar surface area (TPSA) is 24.5 Å². The van der Waals surface area contributed by atoms with Gasteiger partial charge in [-0.25, -0.2) is 0 Å². The lowest BCUT2D eigenvalue weighted by Crippen LogP contribution is -2.32. The lowest BCUT2D eigenvalue weighted by Gasteiger charge is -2.30. The van der Waals surface area contributed by atoms with Crippen molar-refractivity contribution in [1.29, 1.82) is 0 Å². The van der Waals surface area contributed by atoms with E-state index in [2.05, 4.69) is 52.9 Å². The van der Waals surface area contributed by atoms with Crippen LogP contribution >= 0.6 is 11.3 Å². The molecule has 0 radical (unpaired) electrons. The molecular weight excluding hydrogens is 304 g/mol. The maximum atomic E-state index is 5.59. The van der Waals surface area contributed by atoms with Gasteiger partial charge in [0.15, 0.2) is 0 Å². The van der Waals surface area contributed by atoms with Crippen LogP contribution in [0.3, 0.4) is 0 Å². The Kier molecular flexibility index (Phi) is 5.70. The van der Waals surface area contributed by atoms with Gasteiger partial charge in [0.1, 0.15) is 5.75 Å². The van der Waals surface area contributed by atoms with Crippen LogP contribution in [0.25, 0.3) is 0 Å². The zero-order valence-electron chi connectivity index (χ0n) is 14.0. The molecule has 23 heavy (non-hydrogen) atoms. The minimum absolute atomic E-state index is 0.351. The number of rotatable bonds is 5. The summed E-state index contributed by atoms with van der Waals surface area (Å²) < 4.78 is 5.59. The SMILES string of the molecule is CCOc1ccc(C(c2cc(C)cs2)N2CCCNCC2)cc1. The molecule has 3 nitrogen and oxygen atoms in total. The molecule has 124 valence electrons. The minimum Gasteiger partial charge on any atom is -0.494 e. The molecule has 0 aliphatic carbocycles. The first kappa shape index (κ1) is 16.5. The normalized spacial score (nSPS) is 17.7. The summed E-state index contributed by atoms with van der Waals surface area (Å²) >= 11 is 1.87. The summed E-state index contributed by atoms with van der Waals surface area (Å²) in [6, 6.07) is 11.3. The van der Waals surface area contributed by atoms with Gasteiger partial charge in [0, 0.05) is 24.5 Å². The van der Waals surface area contributed by atoms with Crippen molar-refractivity contribution in [3.63, 3.8) is 0 Å². The van der Waals surface area contributed by atoms with E-state index < -0.39 is 0 Å². The van der Waals surface area contributed by atoms with Gasteiger partial charge in [-0.1, -0.05) is 12.1 Å². The molecule has 0 amide bonds.